The number of carbonyl (C=O) groups is 2. The first-order valence-electron chi connectivity index (χ1n) is 9.64. The summed E-state index contributed by atoms with van der Waals surface area (Å²) >= 11 is 6.35. The van der Waals surface area contributed by atoms with E-state index in [2.05, 4.69) is 15.7 Å². The molecule has 1 aromatic carbocycles. The number of carbonyl (C=O) groups excluding carboxylic acids is 2. The molecule has 8 heteroatoms. The van der Waals surface area contributed by atoms with Gasteiger partial charge in [0, 0.05) is 48.1 Å². The number of fused-ring (bicyclic) bond motifs is 1. The van der Waals surface area contributed by atoms with Crippen LogP contribution >= 0.6 is 11.6 Å². The standard InChI is InChI=1S/C21H20ClN5O2/c22-16-4-2-1-3-14(16)18-11-19-24-17-7-10-26(12-15(17)21(29)27(19)25-18)20(28)13-5-8-23-9-6-13/h1-6,8-9,18-19,24-25H,7,10-12H2. The fourth-order valence-corrected chi connectivity index (χ4v) is 4.50. The van der Waals surface area contributed by atoms with E-state index in [0.29, 0.717) is 35.7 Å². The predicted molar refractivity (Wildman–Crippen MR) is 107 cm³/mol. The van der Waals surface area contributed by atoms with Crippen molar-refractivity contribution in [1.82, 2.24) is 25.6 Å². The van der Waals surface area contributed by atoms with Gasteiger partial charge in [-0.1, -0.05) is 29.8 Å². The molecule has 7 nitrogen and oxygen atoms in total. The highest BCUT2D eigenvalue weighted by Crippen LogP contribution is 2.35. The third kappa shape index (κ3) is 3.16. The van der Waals surface area contributed by atoms with E-state index in [1.807, 2.05) is 24.3 Å². The number of rotatable bonds is 2. The van der Waals surface area contributed by atoms with Gasteiger partial charge in [-0.3, -0.25) is 19.6 Å². The van der Waals surface area contributed by atoms with E-state index in [0.717, 1.165) is 17.7 Å². The van der Waals surface area contributed by atoms with Gasteiger partial charge in [0.15, 0.2) is 0 Å². The molecule has 2 atom stereocenters. The second-order valence-electron chi connectivity index (χ2n) is 7.44. The lowest BCUT2D eigenvalue weighted by molar-refractivity contribution is -0.133. The van der Waals surface area contributed by atoms with Crippen LogP contribution in [0.4, 0.5) is 0 Å². The molecule has 29 heavy (non-hydrogen) atoms. The quantitative estimate of drug-likeness (QED) is 0.795. The zero-order valence-corrected chi connectivity index (χ0v) is 16.4. The van der Waals surface area contributed by atoms with Gasteiger partial charge in [0.05, 0.1) is 18.2 Å². The largest absolute Gasteiger partial charge is 0.367 e. The second-order valence-corrected chi connectivity index (χ2v) is 7.85. The summed E-state index contributed by atoms with van der Waals surface area (Å²) < 4.78 is 0. The highest BCUT2D eigenvalue weighted by molar-refractivity contribution is 6.31. The molecule has 0 spiro atoms. The van der Waals surface area contributed by atoms with E-state index < -0.39 is 0 Å². The summed E-state index contributed by atoms with van der Waals surface area (Å²) in [7, 11) is 0. The summed E-state index contributed by atoms with van der Waals surface area (Å²) in [5.41, 5.74) is 6.44. The van der Waals surface area contributed by atoms with Gasteiger partial charge in [-0.2, -0.15) is 0 Å². The second kappa shape index (κ2) is 7.17. The Hall–Kier alpha value is -2.90. The first-order valence-corrected chi connectivity index (χ1v) is 10.0. The van der Waals surface area contributed by atoms with Crippen molar-refractivity contribution < 1.29 is 9.59 Å². The summed E-state index contributed by atoms with van der Waals surface area (Å²) in [6.07, 6.45) is 4.45. The molecule has 0 aliphatic carbocycles. The lowest BCUT2D eigenvalue weighted by atomic mass is 9.99. The molecule has 3 aliphatic heterocycles. The van der Waals surface area contributed by atoms with Crippen molar-refractivity contribution in [3.63, 3.8) is 0 Å². The highest BCUT2D eigenvalue weighted by atomic mass is 35.5. The molecule has 5 rings (SSSR count). The number of pyridine rings is 1. The third-order valence-electron chi connectivity index (χ3n) is 5.72. The number of aromatic nitrogens is 1. The van der Waals surface area contributed by atoms with Gasteiger partial charge in [0.2, 0.25) is 0 Å². The molecule has 0 radical (unpaired) electrons. The minimum Gasteiger partial charge on any atom is -0.367 e. The summed E-state index contributed by atoms with van der Waals surface area (Å²) in [6, 6.07) is 11.0. The van der Waals surface area contributed by atoms with E-state index in [9.17, 15) is 9.59 Å². The number of nitrogens with one attached hydrogen (secondary N) is 2. The van der Waals surface area contributed by atoms with Crippen LogP contribution < -0.4 is 10.7 Å². The molecule has 0 saturated carbocycles. The van der Waals surface area contributed by atoms with Gasteiger partial charge >= 0.3 is 0 Å². The maximum atomic E-state index is 13.2. The molecule has 2 aromatic rings. The fraction of sp³-hybridized carbons (Fsp3) is 0.286. The summed E-state index contributed by atoms with van der Waals surface area (Å²) in [6.45, 7) is 0.873. The molecular formula is C21H20ClN5O2. The Bertz CT molecular complexity index is 1010. The SMILES string of the molecule is O=C(c1ccncc1)N1CCC2=C(C1)C(=O)N1NC(c3ccccc3Cl)CC1N2. The number of hydrazine groups is 1. The maximum absolute atomic E-state index is 13.2. The Kier molecular flexibility index (Phi) is 4.49. The number of hydrogen-bond acceptors (Lipinski definition) is 5. The Morgan fingerprint density at radius 3 is 2.76 bits per heavy atom. The Morgan fingerprint density at radius 1 is 1.17 bits per heavy atom. The predicted octanol–water partition coefficient (Wildman–Crippen LogP) is 2.24. The summed E-state index contributed by atoms with van der Waals surface area (Å²) in [5, 5.41) is 5.83. The van der Waals surface area contributed by atoms with Crippen LogP contribution in [-0.4, -0.2) is 46.0 Å². The van der Waals surface area contributed by atoms with Crippen LogP contribution in [0.2, 0.25) is 5.02 Å². The van der Waals surface area contributed by atoms with Gasteiger partial charge in [-0.15, -0.1) is 0 Å². The number of hydrogen-bond donors (Lipinski definition) is 2. The first kappa shape index (κ1) is 18.1. The van der Waals surface area contributed by atoms with Crippen molar-refractivity contribution in [3.05, 3.63) is 76.2 Å². The zero-order chi connectivity index (χ0) is 20.0. The van der Waals surface area contributed by atoms with E-state index >= 15 is 0 Å². The van der Waals surface area contributed by atoms with Crippen molar-refractivity contribution in [2.45, 2.75) is 25.0 Å². The van der Waals surface area contributed by atoms with Gasteiger partial charge in [-0.25, -0.2) is 5.43 Å². The topological polar surface area (TPSA) is 77.6 Å². The van der Waals surface area contributed by atoms with Crippen LogP contribution in [0.15, 0.2) is 60.1 Å². The third-order valence-corrected chi connectivity index (χ3v) is 6.07. The lowest BCUT2D eigenvalue weighted by Gasteiger charge is -2.39. The smallest absolute Gasteiger partial charge is 0.269 e. The van der Waals surface area contributed by atoms with E-state index in [4.69, 9.17) is 11.6 Å². The molecule has 3 aliphatic rings. The molecule has 1 saturated heterocycles. The average molecular weight is 410 g/mol. The highest BCUT2D eigenvalue weighted by Gasteiger charge is 2.43. The van der Waals surface area contributed by atoms with Gasteiger partial charge in [-0.05, 0) is 23.8 Å². The Labute approximate surface area is 173 Å². The zero-order valence-electron chi connectivity index (χ0n) is 15.6. The molecule has 1 aromatic heterocycles. The molecule has 4 heterocycles. The van der Waals surface area contributed by atoms with E-state index in [1.54, 1.807) is 34.4 Å². The van der Waals surface area contributed by atoms with Crippen LogP contribution in [0.1, 0.15) is 34.8 Å². The van der Waals surface area contributed by atoms with Gasteiger partial charge in [0.25, 0.3) is 11.8 Å². The normalized spacial score (nSPS) is 23.6. The molecular weight excluding hydrogens is 390 g/mol. The molecule has 2 amide bonds. The number of benzene rings is 1. The van der Waals surface area contributed by atoms with Crippen molar-refractivity contribution in [2.75, 3.05) is 13.1 Å². The Balaban J connectivity index is 1.34. The van der Waals surface area contributed by atoms with Crippen LogP contribution in [0.3, 0.4) is 0 Å². The van der Waals surface area contributed by atoms with Gasteiger partial charge in [0.1, 0.15) is 6.17 Å². The van der Waals surface area contributed by atoms with Gasteiger partial charge < -0.3 is 10.2 Å². The van der Waals surface area contributed by atoms with E-state index in [-0.39, 0.29) is 24.0 Å². The number of nitrogens with zero attached hydrogens (tertiary/aromatic N) is 3. The van der Waals surface area contributed by atoms with Crippen molar-refractivity contribution >= 4 is 23.4 Å². The van der Waals surface area contributed by atoms with Crippen molar-refractivity contribution in [1.29, 1.82) is 0 Å². The molecule has 1 fully saturated rings. The fourth-order valence-electron chi connectivity index (χ4n) is 4.23. The Morgan fingerprint density at radius 2 is 1.97 bits per heavy atom. The summed E-state index contributed by atoms with van der Waals surface area (Å²) in [4.78, 5) is 31.6. The maximum Gasteiger partial charge on any atom is 0.269 e. The molecule has 0 bridgehead atoms. The van der Waals surface area contributed by atoms with Crippen LogP contribution in [0.5, 0.6) is 0 Å². The lowest BCUT2D eigenvalue weighted by Crippen LogP contribution is -2.57. The van der Waals surface area contributed by atoms with Crippen molar-refractivity contribution in [3.8, 4) is 0 Å². The van der Waals surface area contributed by atoms with Crippen molar-refractivity contribution in [2.24, 2.45) is 0 Å². The monoisotopic (exact) mass is 409 g/mol. The molecule has 2 N–H and O–H groups in total. The average Bonchev–Trinajstić information content (AvgIpc) is 3.18. The van der Waals surface area contributed by atoms with Crippen LogP contribution in [0, 0.1) is 0 Å². The number of amides is 2. The molecule has 2 unspecified atom stereocenters. The minimum absolute atomic E-state index is 0.0407. The van der Waals surface area contributed by atoms with Crippen LogP contribution in [0.25, 0.3) is 0 Å². The summed E-state index contributed by atoms with van der Waals surface area (Å²) in [5.74, 6) is -0.164. The number of halogens is 1. The minimum atomic E-state index is -0.120. The van der Waals surface area contributed by atoms with Crippen LogP contribution in [-0.2, 0) is 4.79 Å². The van der Waals surface area contributed by atoms with E-state index in [1.165, 1.54) is 0 Å². The first-order chi connectivity index (χ1) is 14.1. The molecule has 148 valence electrons.